The fraction of sp³-hybridized carbons (Fsp3) is 0.316. The first-order valence-corrected chi connectivity index (χ1v) is 11.5. The van der Waals surface area contributed by atoms with E-state index in [1.165, 1.54) is 24.3 Å². The molecule has 0 aliphatic carbocycles. The molecule has 0 fully saturated rings. The maximum atomic E-state index is 13.1. The molecule has 0 amide bonds. The molecule has 0 spiro atoms. The molecule has 0 saturated carbocycles. The first-order valence-electron chi connectivity index (χ1n) is 8.37. The molecule has 26 heavy (non-hydrogen) atoms. The Morgan fingerprint density at radius 2 is 1.23 bits per heavy atom. The minimum atomic E-state index is -4.18. The summed E-state index contributed by atoms with van der Waals surface area (Å²) in [6.07, 6.45) is 1.49. The molecule has 5 nitrogen and oxygen atoms in total. The molecule has 0 saturated heterocycles. The van der Waals surface area contributed by atoms with Crippen LogP contribution >= 0.6 is 0 Å². The summed E-state index contributed by atoms with van der Waals surface area (Å²) in [5.74, 6) is -0.637. The smallest absolute Gasteiger partial charge is 0.195 e. The Morgan fingerprint density at radius 3 is 1.58 bits per heavy atom. The van der Waals surface area contributed by atoms with Gasteiger partial charge in [-0.2, -0.15) is 0 Å². The van der Waals surface area contributed by atoms with E-state index < -0.39 is 30.2 Å². The van der Waals surface area contributed by atoms with Crippen LogP contribution in [0.4, 0.5) is 0 Å². The second-order valence-corrected chi connectivity index (χ2v) is 10.6. The third-order valence-electron chi connectivity index (χ3n) is 4.18. The van der Waals surface area contributed by atoms with Gasteiger partial charge in [-0.3, -0.25) is 0 Å². The molecule has 140 valence electrons. The van der Waals surface area contributed by atoms with E-state index in [2.05, 4.69) is 0 Å². The normalized spacial score (nSPS) is 13.5. The van der Waals surface area contributed by atoms with Gasteiger partial charge in [0.25, 0.3) is 0 Å². The predicted octanol–water partition coefficient (Wildman–Crippen LogP) is 3.27. The topological polar surface area (TPSA) is 85.3 Å². The Hall–Kier alpha value is -1.99. The van der Waals surface area contributed by atoms with Gasteiger partial charge in [0.05, 0.1) is 9.79 Å². The van der Waals surface area contributed by atoms with Crippen LogP contribution in [0.5, 0.6) is 0 Å². The predicted molar refractivity (Wildman–Crippen MR) is 100 cm³/mol. The molecule has 0 N–H and O–H groups in total. The van der Waals surface area contributed by atoms with Crippen molar-refractivity contribution in [1.82, 2.24) is 0 Å². The summed E-state index contributed by atoms with van der Waals surface area (Å²) in [5, 5.41) is 0. The fourth-order valence-corrected chi connectivity index (χ4v) is 7.49. The summed E-state index contributed by atoms with van der Waals surface area (Å²) in [7, 11) is -8.35. The van der Waals surface area contributed by atoms with Gasteiger partial charge in [0, 0.05) is 5.92 Å². The van der Waals surface area contributed by atoms with Crippen LogP contribution in [0.3, 0.4) is 0 Å². The number of carbonyl (C=O) groups is 1. The van der Waals surface area contributed by atoms with E-state index in [9.17, 15) is 21.6 Å². The van der Waals surface area contributed by atoms with Crippen molar-refractivity contribution in [2.24, 2.45) is 5.92 Å². The highest BCUT2D eigenvalue weighted by Crippen LogP contribution is 2.30. The van der Waals surface area contributed by atoms with Crippen molar-refractivity contribution < 1.29 is 21.6 Å². The van der Waals surface area contributed by atoms with E-state index in [0.717, 1.165) is 0 Å². The zero-order chi connectivity index (χ0) is 19.2. The first-order chi connectivity index (χ1) is 12.3. The zero-order valence-corrected chi connectivity index (χ0v) is 16.1. The summed E-state index contributed by atoms with van der Waals surface area (Å²) in [6, 6.07) is 15.0. The fourth-order valence-electron chi connectivity index (χ4n) is 2.80. The van der Waals surface area contributed by atoms with Gasteiger partial charge in [-0.25, -0.2) is 16.8 Å². The van der Waals surface area contributed by atoms with E-state index in [4.69, 9.17) is 0 Å². The summed E-state index contributed by atoms with van der Waals surface area (Å²) in [4.78, 5) is 11.2. The molecular weight excluding hydrogens is 372 g/mol. The highest BCUT2D eigenvalue weighted by atomic mass is 32.3. The summed E-state index contributed by atoms with van der Waals surface area (Å²) in [6.45, 7) is 1.86. The van der Waals surface area contributed by atoms with Crippen LogP contribution in [-0.4, -0.2) is 27.7 Å². The SMILES string of the molecule is CCC[C@@H](C=O)CC(S(=O)(=O)c1ccccc1)S(=O)(=O)c1ccccc1. The van der Waals surface area contributed by atoms with E-state index in [1.54, 1.807) is 36.4 Å². The third-order valence-corrected chi connectivity index (χ3v) is 9.33. The van der Waals surface area contributed by atoms with E-state index in [0.29, 0.717) is 19.1 Å². The van der Waals surface area contributed by atoms with Gasteiger partial charge in [0.2, 0.25) is 0 Å². The molecule has 7 heteroatoms. The van der Waals surface area contributed by atoms with Crippen LogP contribution in [0.15, 0.2) is 70.5 Å². The Kier molecular flexibility index (Phi) is 6.72. The van der Waals surface area contributed by atoms with Crippen molar-refractivity contribution in [2.45, 2.75) is 40.6 Å². The monoisotopic (exact) mass is 394 g/mol. The summed E-state index contributed by atoms with van der Waals surface area (Å²) in [5.41, 5.74) is 0. The van der Waals surface area contributed by atoms with Crippen LogP contribution in [0.2, 0.25) is 0 Å². The molecule has 0 unspecified atom stereocenters. The van der Waals surface area contributed by atoms with Crippen molar-refractivity contribution in [1.29, 1.82) is 0 Å². The van der Waals surface area contributed by atoms with Gasteiger partial charge in [0.15, 0.2) is 24.3 Å². The van der Waals surface area contributed by atoms with Crippen molar-refractivity contribution in [2.75, 3.05) is 0 Å². The Balaban J connectivity index is 2.58. The van der Waals surface area contributed by atoms with Gasteiger partial charge in [-0.15, -0.1) is 0 Å². The molecular formula is C19H22O5S2. The van der Waals surface area contributed by atoms with E-state index >= 15 is 0 Å². The minimum Gasteiger partial charge on any atom is -0.303 e. The van der Waals surface area contributed by atoms with Gasteiger partial charge in [-0.1, -0.05) is 49.7 Å². The molecule has 2 aromatic rings. The van der Waals surface area contributed by atoms with E-state index in [-0.39, 0.29) is 16.2 Å². The molecule has 0 aliphatic heterocycles. The second-order valence-electron chi connectivity index (χ2n) is 6.07. The molecule has 2 aromatic carbocycles. The lowest BCUT2D eigenvalue weighted by Crippen LogP contribution is -2.33. The largest absolute Gasteiger partial charge is 0.303 e. The maximum absolute atomic E-state index is 13.1. The molecule has 0 aromatic heterocycles. The number of carbonyl (C=O) groups excluding carboxylic acids is 1. The third kappa shape index (κ3) is 4.40. The lowest BCUT2D eigenvalue weighted by molar-refractivity contribution is -0.111. The standard InChI is InChI=1S/C19H22O5S2/c1-2-9-16(15-20)14-19(25(21,22)17-10-5-3-6-11-17)26(23,24)18-12-7-4-8-13-18/h3-8,10-13,15-16,19H,2,9,14H2,1H3/t16-/m1/s1. The van der Waals surface area contributed by atoms with Gasteiger partial charge >= 0.3 is 0 Å². The molecule has 0 radical (unpaired) electrons. The highest BCUT2D eigenvalue weighted by molar-refractivity contribution is 8.09. The van der Waals surface area contributed by atoms with Gasteiger partial charge in [0.1, 0.15) is 6.29 Å². The number of sulfone groups is 2. The summed E-state index contributed by atoms with van der Waals surface area (Å²) < 4.78 is 50.7. The van der Waals surface area contributed by atoms with E-state index in [1.807, 2.05) is 6.92 Å². The van der Waals surface area contributed by atoms with Crippen LogP contribution in [-0.2, 0) is 24.5 Å². The zero-order valence-electron chi connectivity index (χ0n) is 14.5. The van der Waals surface area contributed by atoms with Crippen LogP contribution in [0, 0.1) is 5.92 Å². The van der Waals surface area contributed by atoms with Crippen LogP contribution < -0.4 is 0 Å². The Labute approximate surface area is 154 Å². The van der Waals surface area contributed by atoms with Crippen molar-refractivity contribution in [3.63, 3.8) is 0 Å². The average molecular weight is 395 g/mol. The molecule has 0 heterocycles. The maximum Gasteiger partial charge on any atom is 0.195 e. The molecule has 0 aliphatic rings. The second kappa shape index (κ2) is 8.60. The van der Waals surface area contributed by atoms with Gasteiger partial charge < -0.3 is 4.79 Å². The van der Waals surface area contributed by atoms with Crippen molar-refractivity contribution in [3.05, 3.63) is 60.7 Å². The molecule has 2 rings (SSSR count). The first kappa shape index (κ1) is 20.3. The number of benzene rings is 2. The van der Waals surface area contributed by atoms with Crippen molar-refractivity contribution in [3.8, 4) is 0 Å². The average Bonchev–Trinajstić information content (AvgIpc) is 2.66. The number of hydrogen-bond donors (Lipinski definition) is 0. The Bertz CT molecular complexity index is 851. The highest BCUT2D eigenvalue weighted by Gasteiger charge is 2.41. The van der Waals surface area contributed by atoms with Crippen molar-refractivity contribution >= 4 is 26.0 Å². The number of aldehydes is 1. The number of rotatable bonds is 9. The molecule has 0 bridgehead atoms. The Morgan fingerprint density at radius 1 is 0.808 bits per heavy atom. The lowest BCUT2D eigenvalue weighted by Gasteiger charge is -2.21. The lowest BCUT2D eigenvalue weighted by atomic mass is 10.0. The summed E-state index contributed by atoms with van der Waals surface area (Å²) >= 11 is 0. The van der Waals surface area contributed by atoms with Crippen LogP contribution in [0.1, 0.15) is 26.2 Å². The van der Waals surface area contributed by atoms with Gasteiger partial charge in [-0.05, 0) is 37.1 Å². The molecule has 1 atom stereocenters. The minimum absolute atomic E-state index is 0.0642. The van der Waals surface area contributed by atoms with Crippen LogP contribution in [0.25, 0.3) is 0 Å². The number of hydrogen-bond acceptors (Lipinski definition) is 5. The quantitative estimate of drug-likeness (QED) is 0.609.